The molecule has 0 atom stereocenters. The number of nitrogens with zero attached hydrogens (tertiary/aromatic N) is 4. The summed E-state index contributed by atoms with van der Waals surface area (Å²) >= 11 is 7.83. The number of methoxy groups -OCH3 is 1. The van der Waals surface area contributed by atoms with Gasteiger partial charge in [-0.15, -0.1) is 10.2 Å². The molecular weight excluding hydrogens is 408 g/mol. The van der Waals surface area contributed by atoms with Crippen molar-refractivity contribution in [3.05, 3.63) is 59.1 Å². The number of hydrogen-bond donors (Lipinski definition) is 0. The molecule has 2 aromatic carbocycles. The second-order valence-electron chi connectivity index (χ2n) is 6.71. The Morgan fingerprint density at radius 3 is 2.69 bits per heavy atom. The van der Waals surface area contributed by atoms with Crippen molar-refractivity contribution < 1.29 is 9.53 Å². The highest BCUT2D eigenvalue weighted by Gasteiger charge is 2.24. The normalized spacial score (nSPS) is 13.7. The zero-order valence-corrected chi connectivity index (χ0v) is 17.6. The number of rotatable bonds is 7. The lowest BCUT2D eigenvalue weighted by Gasteiger charge is -2.19. The maximum atomic E-state index is 12.7. The van der Waals surface area contributed by atoms with Crippen LogP contribution in [0.5, 0.6) is 5.75 Å². The first kappa shape index (κ1) is 19.8. The van der Waals surface area contributed by atoms with Crippen LogP contribution in [0.3, 0.4) is 0 Å². The van der Waals surface area contributed by atoms with Crippen molar-refractivity contribution in [3.63, 3.8) is 0 Å². The monoisotopic (exact) mass is 428 g/mol. The summed E-state index contributed by atoms with van der Waals surface area (Å²) in [5.41, 5.74) is 1.43. The standard InChI is InChI=1S/C21H21ClN4O2S/c1-28-16-8-6-7-15(13-16)19(27)14-29-21-24-23-20(25-11-4-5-12-25)26(21)18-10-3-2-9-17(18)22/h2-3,6-10,13H,4-5,11-12,14H2,1H3. The molecule has 1 saturated heterocycles. The maximum Gasteiger partial charge on any atom is 0.232 e. The Kier molecular flexibility index (Phi) is 6.06. The van der Waals surface area contributed by atoms with Gasteiger partial charge in [0.2, 0.25) is 5.95 Å². The van der Waals surface area contributed by atoms with Crippen molar-refractivity contribution in [1.82, 2.24) is 14.8 Å². The van der Waals surface area contributed by atoms with Gasteiger partial charge in [-0.25, -0.2) is 0 Å². The van der Waals surface area contributed by atoms with E-state index in [1.54, 1.807) is 19.2 Å². The van der Waals surface area contributed by atoms with Crippen LogP contribution in [0.15, 0.2) is 53.7 Å². The van der Waals surface area contributed by atoms with Crippen LogP contribution >= 0.6 is 23.4 Å². The Morgan fingerprint density at radius 2 is 1.93 bits per heavy atom. The smallest absolute Gasteiger partial charge is 0.232 e. The molecule has 150 valence electrons. The molecular formula is C21H21ClN4O2S. The van der Waals surface area contributed by atoms with E-state index in [4.69, 9.17) is 16.3 Å². The minimum Gasteiger partial charge on any atom is -0.497 e. The van der Waals surface area contributed by atoms with Crippen molar-refractivity contribution in [1.29, 1.82) is 0 Å². The molecule has 1 aromatic heterocycles. The van der Waals surface area contributed by atoms with Gasteiger partial charge in [0, 0.05) is 18.7 Å². The van der Waals surface area contributed by atoms with Crippen LogP contribution < -0.4 is 9.64 Å². The van der Waals surface area contributed by atoms with Crippen LogP contribution in [0.2, 0.25) is 5.02 Å². The number of benzene rings is 2. The molecule has 29 heavy (non-hydrogen) atoms. The number of aromatic nitrogens is 3. The summed E-state index contributed by atoms with van der Waals surface area (Å²) in [6.07, 6.45) is 2.26. The third-order valence-electron chi connectivity index (χ3n) is 4.82. The third kappa shape index (κ3) is 4.26. The van der Waals surface area contributed by atoms with Crippen molar-refractivity contribution >= 4 is 35.1 Å². The van der Waals surface area contributed by atoms with E-state index in [1.807, 2.05) is 41.0 Å². The minimum absolute atomic E-state index is 0.00494. The van der Waals surface area contributed by atoms with E-state index in [1.165, 1.54) is 11.8 Å². The first-order valence-corrected chi connectivity index (χ1v) is 10.8. The van der Waals surface area contributed by atoms with Crippen LogP contribution in [0, 0.1) is 0 Å². The Hall–Kier alpha value is -2.51. The van der Waals surface area contributed by atoms with E-state index in [2.05, 4.69) is 15.1 Å². The second kappa shape index (κ2) is 8.88. The average molecular weight is 429 g/mol. The summed E-state index contributed by atoms with van der Waals surface area (Å²) in [5.74, 6) is 1.68. The quantitative estimate of drug-likeness (QED) is 0.407. The number of anilines is 1. The number of ether oxygens (including phenoxy) is 1. The minimum atomic E-state index is 0.00494. The van der Waals surface area contributed by atoms with Gasteiger partial charge in [0.25, 0.3) is 0 Å². The molecule has 8 heteroatoms. The van der Waals surface area contributed by atoms with Crippen molar-refractivity contribution in [3.8, 4) is 11.4 Å². The lowest BCUT2D eigenvalue weighted by atomic mass is 10.1. The molecule has 0 spiro atoms. The third-order valence-corrected chi connectivity index (χ3v) is 6.07. The van der Waals surface area contributed by atoms with E-state index in [0.29, 0.717) is 21.5 Å². The Balaban J connectivity index is 1.62. The predicted octanol–water partition coefficient (Wildman–Crippen LogP) is 4.50. The number of para-hydroxylation sites is 1. The Bertz CT molecular complexity index is 1020. The van der Waals surface area contributed by atoms with Crippen LogP contribution in [0.25, 0.3) is 5.69 Å². The number of Topliss-reactive ketones (excluding diaryl/α,β-unsaturated/α-hetero) is 1. The summed E-state index contributed by atoms with van der Waals surface area (Å²) in [6.45, 7) is 1.88. The summed E-state index contributed by atoms with van der Waals surface area (Å²) in [5, 5.41) is 10.1. The highest BCUT2D eigenvalue weighted by atomic mass is 35.5. The molecule has 0 amide bonds. The first-order valence-electron chi connectivity index (χ1n) is 9.42. The van der Waals surface area contributed by atoms with Crippen LogP contribution in [0.4, 0.5) is 5.95 Å². The second-order valence-corrected chi connectivity index (χ2v) is 8.06. The summed E-state index contributed by atoms with van der Waals surface area (Å²) < 4.78 is 7.17. The zero-order valence-electron chi connectivity index (χ0n) is 16.0. The highest BCUT2D eigenvalue weighted by Crippen LogP contribution is 2.32. The summed E-state index contributed by atoms with van der Waals surface area (Å²) in [6, 6.07) is 14.8. The van der Waals surface area contributed by atoms with Crippen molar-refractivity contribution in [2.45, 2.75) is 18.0 Å². The number of thioether (sulfide) groups is 1. The average Bonchev–Trinajstić information content (AvgIpc) is 3.42. The fourth-order valence-electron chi connectivity index (χ4n) is 3.33. The van der Waals surface area contributed by atoms with E-state index in [-0.39, 0.29) is 11.5 Å². The number of hydrogen-bond acceptors (Lipinski definition) is 6. The molecule has 3 aromatic rings. The molecule has 1 aliphatic heterocycles. The van der Waals surface area contributed by atoms with Gasteiger partial charge in [-0.1, -0.05) is 47.6 Å². The van der Waals surface area contributed by atoms with Gasteiger partial charge < -0.3 is 9.64 Å². The SMILES string of the molecule is COc1cccc(C(=O)CSc2nnc(N3CCCC3)n2-c2ccccc2Cl)c1. The van der Waals surface area contributed by atoms with Crippen LogP contribution in [0.1, 0.15) is 23.2 Å². The fraction of sp³-hybridized carbons (Fsp3) is 0.286. The number of ketones is 1. The zero-order chi connectivity index (χ0) is 20.2. The molecule has 2 heterocycles. The molecule has 1 fully saturated rings. The molecule has 0 saturated carbocycles. The van der Waals surface area contributed by atoms with E-state index < -0.39 is 0 Å². The van der Waals surface area contributed by atoms with E-state index in [9.17, 15) is 4.79 Å². The number of carbonyl (C=O) groups excluding carboxylic acids is 1. The van der Waals surface area contributed by atoms with E-state index in [0.717, 1.165) is 37.6 Å². The highest BCUT2D eigenvalue weighted by molar-refractivity contribution is 7.99. The molecule has 4 rings (SSSR count). The number of carbonyl (C=O) groups is 1. The summed E-state index contributed by atoms with van der Waals surface area (Å²) in [7, 11) is 1.59. The lowest BCUT2D eigenvalue weighted by molar-refractivity contribution is 0.102. The largest absolute Gasteiger partial charge is 0.497 e. The fourth-order valence-corrected chi connectivity index (χ4v) is 4.39. The topological polar surface area (TPSA) is 60.2 Å². The summed E-state index contributed by atoms with van der Waals surface area (Å²) in [4.78, 5) is 14.9. The molecule has 0 unspecified atom stereocenters. The van der Waals surface area contributed by atoms with Gasteiger partial charge >= 0.3 is 0 Å². The predicted molar refractivity (Wildman–Crippen MR) is 116 cm³/mol. The van der Waals surface area contributed by atoms with Gasteiger partial charge in [0.05, 0.1) is 23.6 Å². The number of halogens is 1. The molecule has 0 N–H and O–H groups in total. The van der Waals surface area contributed by atoms with Crippen LogP contribution in [-0.2, 0) is 0 Å². The van der Waals surface area contributed by atoms with Crippen molar-refractivity contribution in [2.24, 2.45) is 0 Å². The van der Waals surface area contributed by atoms with Crippen molar-refractivity contribution in [2.75, 3.05) is 30.9 Å². The molecule has 0 aliphatic carbocycles. The van der Waals surface area contributed by atoms with E-state index >= 15 is 0 Å². The Labute approximate surface area is 178 Å². The lowest BCUT2D eigenvalue weighted by Crippen LogP contribution is -2.22. The van der Waals surface area contributed by atoms with Gasteiger partial charge in [-0.3, -0.25) is 9.36 Å². The van der Waals surface area contributed by atoms with Crippen LogP contribution in [-0.4, -0.2) is 46.5 Å². The Morgan fingerprint density at radius 1 is 1.14 bits per heavy atom. The van der Waals surface area contributed by atoms with Gasteiger partial charge in [-0.2, -0.15) is 0 Å². The molecule has 6 nitrogen and oxygen atoms in total. The van der Waals surface area contributed by atoms with Gasteiger partial charge in [0.1, 0.15) is 5.75 Å². The maximum absolute atomic E-state index is 12.7. The molecule has 0 bridgehead atoms. The van der Waals surface area contributed by atoms with Gasteiger partial charge in [-0.05, 0) is 37.1 Å². The first-order chi connectivity index (χ1) is 14.2. The molecule has 0 radical (unpaired) electrons. The molecule has 1 aliphatic rings. The van der Waals surface area contributed by atoms with Gasteiger partial charge in [0.15, 0.2) is 10.9 Å².